The van der Waals surface area contributed by atoms with Crippen molar-refractivity contribution in [1.29, 1.82) is 0 Å². The molecule has 0 saturated heterocycles. The predicted molar refractivity (Wildman–Crippen MR) is 135 cm³/mol. The first kappa shape index (κ1) is 24.0. The van der Waals surface area contributed by atoms with E-state index in [4.69, 9.17) is 9.47 Å². The van der Waals surface area contributed by atoms with E-state index in [9.17, 15) is 13.2 Å². The van der Waals surface area contributed by atoms with E-state index in [2.05, 4.69) is 4.99 Å². The maximum Gasteiger partial charge on any atom is 0.279 e. The number of sulfonamides is 1. The Balaban J connectivity index is 1.42. The summed E-state index contributed by atoms with van der Waals surface area (Å²) in [6, 6.07) is 9.96. The zero-order valence-corrected chi connectivity index (χ0v) is 21.5. The van der Waals surface area contributed by atoms with Gasteiger partial charge in [-0.15, -0.1) is 0 Å². The first-order valence-electron chi connectivity index (χ1n) is 12.0. The average Bonchev–Trinajstić information content (AvgIpc) is 3.22. The van der Waals surface area contributed by atoms with Crippen LogP contribution in [0.2, 0.25) is 0 Å². The second-order valence-electron chi connectivity index (χ2n) is 8.85. The second-order valence-corrected chi connectivity index (χ2v) is 11.9. The van der Waals surface area contributed by atoms with Crippen molar-refractivity contribution in [2.24, 2.45) is 4.99 Å². The summed E-state index contributed by atoms with van der Waals surface area (Å²) in [5, 5.41) is 0. The maximum atomic E-state index is 13.1. The van der Waals surface area contributed by atoms with Crippen LogP contribution in [0.4, 0.5) is 0 Å². The molecule has 10 heteroatoms. The fourth-order valence-electron chi connectivity index (χ4n) is 4.73. The number of benzene rings is 2. The van der Waals surface area contributed by atoms with E-state index in [-0.39, 0.29) is 10.9 Å². The van der Waals surface area contributed by atoms with E-state index < -0.39 is 15.9 Å². The normalized spacial score (nSPS) is 17.3. The van der Waals surface area contributed by atoms with Gasteiger partial charge >= 0.3 is 0 Å². The van der Waals surface area contributed by atoms with Crippen LogP contribution in [0.5, 0.6) is 11.5 Å². The number of hydrogen-bond donors (Lipinski definition) is 0. The number of aryl methyl sites for hydroxylation is 1. The summed E-state index contributed by atoms with van der Waals surface area (Å²) in [6.07, 6.45) is 5.04. The molecule has 0 N–H and O–H groups in total. The van der Waals surface area contributed by atoms with Gasteiger partial charge in [-0.2, -0.15) is 9.30 Å². The lowest BCUT2D eigenvalue weighted by Crippen LogP contribution is -2.38. The lowest BCUT2D eigenvalue weighted by atomic mass is 9.96. The van der Waals surface area contributed by atoms with E-state index in [1.54, 1.807) is 7.05 Å². The van der Waals surface area contributed by atoms with E-state index in [0.29, 0.717) is 41.6 Å². The zero-order chi connectivity index (χ0) is 24.6. The van der Waals surface area contributed by atoms with Gasteiger partial charge in [0.25, 0.3) is 5.91 Å². The number of amides is 1. The van der Waals surface area contributed by atoms with Crippen molar-refractivity contribution in [3.63, 3.8) is 0 Å². The minimum absolute atomic E-state index is 0.0315. The fourth-order valence-corrected chi connectivity index (χ4v) is 7.24. The molecule has 1 amide bonds. The van der Waals surface area contributed by atoms with Gasteiger partial charge in [0, 0.05) is 37.3 Å². The lowest BCUT2D eigenvalue weighted by molar-refractivity contribution is 0.0997. The van der Waals surface area contributed by atoms with Gasteiger partial charge in [-0.05, 0) is 44.0 Å². The van der Waals surface area contributed by atoms with Crippen molar-refractivity contribution in [3.05, 3.63) is 46.8 Å². The van der Waals surface area contributed by atoms with Crippen molar-refractivity contribution in [3.8, 4) is 11.5 Å². The highest BCUT2D eigenvalue weighted by atomic mass is 32.2. The first-order valence-corrected chi connectivity index (χ1v) is 14.2. The Morgan fingerprint density at radius 2 is 1.74 bits per heavy atom. The van der Waals surface area contributed by atoms with Crippen LogP contribution in [0.1, 0.15) is 49.4 Å². The molecule has 2 heterocycles. The largest absolute Gasteiger partial charge is 0.486 e. The summed E-state index contributed by atoms with van der Waals surface area (Å²) in [7, 11) is -1.96. The van der Waals surface area contributed by atoms with Crippen molar-refractivity contribution in [1.82, 2.24) is 8.87 Å². The number of thiazole rings is 1. The third-order valence-corrected chi connectivity index (χ3v) is 9.69. The summed E-state index contributed by atoms with van der Waals surface area (Å²) in [5.74, 6) is 0.971. The lowest BCUT2D eigenvalue weighted by Gasteiger charge is -2.30. The molecule has 1 aliphatic heterocycles. The number of fused-ring (bicyclic) bond motifs is 2. The fraction of sp³-hybridized carbons (Fsp3) is 0.440. The van der Waals surface area contributed by atoms with Gasteiger partial charge in [0.1, 0.15) is 13.2 Å². The van der Waals surface area contributed by atoms with Crippen molar-refractivity contribution in [2.75, 3.05) is 20.3 Å². The Bertz CT molecular complexity index is 1420. The molecule has 0 spiro atoms. The van der Waals surface area contributed by atoms with Crippen LogP contribution in [-0.4, -0.2) is 49.5 Å². The molecule has 8 nitrogen and oxygen atoms in total. The Labute approximate surface area is 208 Å². The Morgan fingerprint density at radius 3 is 2.40 bits per heavy atom. The monoisotopic (exact) mass is 515 g/mol. The molecule has 0 radical (unpaired) electrons. The van der Waals surface area contributed by atoms with Crippen LogP contribution in [0.25, 0.3) is 10.2 Å². The van der Waals surface area contributed by atoms with E-state index in [0.717, 1.165) is 42.3 Å². The molecule has 5 rings (SSSR count). The van der Waals surface area contributed by atoms with E-state index >= 15 is 0 Å². The molecule has 1 aliphatic carbocycles. The molecule has 2 aromatic carbocycles. The molecule has 1 fully saturated rings. The number of rotatable bonds is 5. The number of nitrogens with zero attached hydrogens (tertiary/aromatic N) is 3. The molecule has 35 heavy (non-hydrogen) atoms. The van der Waals surface area contributed by atoms with Crippen molar-refractivity contribution >= 4 is 37.5 Å². The minimum Gasteiger partial charge on any atom is -0.486 e. The Kier molecular flexibility index (Phi) is 6.69. The van der Waals surface area contributed by atoms with Gasteiger partial charge in [0.05, 0.1) is 15.1 Å². The smallest absolute Gasteiger partial charge is 0.279 e. The van der Waals surface area contributed by atoms with Gasteiger partial charge in [-0.25, -0.2) is 8.42 Å². The number of aromatic nitrogens is 1. The Hall–Kier alpha value is -2.69. The molecule has 1 saturated carbocycles. The number of carbonyl (C=O) groups excluding carboxylic acids is 1. The molecule has 2 aliphatic rings. The van der Waals surface area contributed by atoms with Crippen LogP contribution >= 0.6 is 11.3 Å². The number of ether oxygens (including phenoxy) is 2. The molecule has 3 aromatic rings. The van der Waals surface area contributed by atoms with Crippen molar-refractivity contribution in [2.45, 2.75) is 56.5 Å². The summed E-state index contributed by atoms with van der Waals surface area (Å²) < 4.78 is 42.0. The first-order chi connectivity index (χ1) is 16.9. The summed E-state index contributed by atoms with van der Waals surface area (Å²) in [5.41, 5.74) is 1.27. The van der Waals surface area contributed by atoms with Crippen LogP contribution < -0.4 is 14.3 Å². The molecular weight excluding hydrogens is 486 g/mol. The SMILES string of the molecule is CCn1c(=NC(=O)c2ccc(S(=O)(=O)N(C)C3CCCCC3)cc2)sc2cc3c(cc21)OCCO3. The molecule has 1 aromatic heterocycles. The highest BCUT2D eigenvalue weighted by Crippen LogP contribution is 2.35. The third-order valence-electron chi connectivity index (χ3n) is 6.73. The Morgan fingerprint density at radius 1 is 1.09 bits per heavy atom. The van der Waals surface area contributed by atoms with Gasteiger partial charge in [-0.3, -0.25) is 4.79 Å². The van der Waals surface area contributed by atoms with E-state index in [1.165, 1.54) is 39.9 Å². The highest BCUT2D eigenvalue weighted by molar-refractivity contribution is 7.89. The predicted octanol–water partition coefficient (Wildman–Crippen LogP) is 4.19. The topological polar surface area (TPSA) is 90.2 Å². The quantitative estimate of drug-likeness (QED) is 0.508. The van der Waals surface area contributed by atoms with Gasteiger partial charge in [-0.1, -0.05) is 30.6 Å². The van der Waals surface area contributed by atoms with Crippen LogP contribution in [0.15, 0.2) is 46.3 Å². The number of carbonyl (C=O) groups is 1. The van der Waals surface area contributed by atoms with Crippen LogP contribution in [-0.2, 0) is 16.6 Å². The molecule has 0 unspecified atom stereocenters. The maximum absolute atomic E-state index is 13.1. The van der Waals surface area contributed by atoms with Crippen LogP contribution in [0.3, 0.4) is 0 Å². The number of hydrogen-bond acceptors (Lipinski definition) is 6. The molecule has 0 bridgehead atoms. The van der Waals surface area contributed by atoms with Crippen LogP contribution in [0, 0.1) is 0 Å². The highest BCUT2D eigenvalue weighted by Gasteiger charge is 2.29. The second kappa shape index (κ2) is 9.75. The standard InChI is InChI=1S/C25H29N3O5S2/c1-3-28-20-15-21-22(33-14-13-32-21)16-23(20)34-25(28)26-24(29)17-9-11-19(12-10-17)35(30,31)27(2)18-7-5-4-6-8-18/h9-12,15-16,18H,3-8,13-14H2,1-2H3. The third kappa shape index (κ3) is 4.62. The van der Waals surface area contributed by atoms with Gasteiger partial charge in [0.15, 0.2) is 16.3 Å². The van der Waals surface area contributed by atoms with Gasteiger partial charge < -0.3 is 14.0 Å². The molecular formula is C25H29N3O5S2. The summed E-state index contributed by atoms with van der Waals surface area (Å²) in [6.45, 7) is 3.65. The van der Waals surface area contributed by atoms with Crippen molar-refractivity contribution < 1.29 is 22.7 Å². The molecule has 0 atom stereocenters. The minimum atomic E-state index is -3.61. The zero-order valence-electron chi connectivity index (χ0n) is 19.9. The average molecular weight is 516 g/mol. The summed E-state index contributed by atoms with van der Waals surface area (Å²) in [4.78, 5) is 18.1. The summed E-state index contributed by atoms with van der Waals surface area (Å²) >= 11 is 1.41. The van der Waals surface area contributed by atoms with E-state index in [1.807, 2.05) is 23.6 Å². The van der Waals surface area contributed by atoms with Gasteiger partial charge in [0.2, 0.25) is 10.0 Å². The molecule has 186 valence electrons.